The SMILES string of the molecule is CCc1ccc(C23Oc4cc(OC)cc(OC)c4C2(O)C(NC(=O)N(C)C)CC3c2cccc(F)c2)cc1. The summed E-state index contributed by atoms with van der Waals surface area (Å²) in [4.78, 5) is 14.4. The molecule has 1 saturated carbocycles. The van der Waals surface area contributed by atoms with Gasteiger partial charge in [-0.3, -0.25) is 0 Å². The molecule has 3 aromatic carbocycles. The van der Waals surface area contributed by atoms with E-state index in [9.17, 15) is 14.3 Å². The summed E-state index contributed by atoms with van der Waals surface area (Å²) in [5.74, 6) is 0.340. The van der Waals surface area contributed by atoms with Crippen molar-refractivity contribution in [3.63, 3.8) is 0 Å². The number of aliphatic hydroxyl groups is 1. The molecule has 0 aromatic heterocycles. The highest BCUT2D eigenvalue weighted by Crippen LogP contribution is 2.68. The first-order valence-electron chi connectivity index (χ1n) is 12.7. The number of methoxy groups -OCH3 is 2. The third-order valence-corrected chi connectivity index (χ3v) is 7.93. The molecule has 200 valence electrons. The van der Waals surface area contributed by atoms with Gasteiger partial charge in [0.2, 0.25) is 0 Å². The molecule has 1 heterocycles. The molecule has 5 rings (SSSR count). The molecule has 0 saturated heterocycles. The first-order chi connectivity index (χ1) is 18.2. The Balaban J connectivity index is 1.83. The number of nitrogens with zero attached hydrogens (tertiary/aromatic N) is 1. The van der Waals surface area contributed by atoms with E-state index in [1.165, 1.54) is 24.1 Å². The van der Waals surface area contributed by atoms with Crippen LogP contribution in [0.15, 0.2) is 60.7 Å². The largest absolute Gasteiger partial charge is 0.496 e. The van der Waals surface area contributed by atoms with Gasteiger partial charge in [-0.2, -0.15) is 0 Å². The number of aryl methyl sites for hydroxylation is 1. The van der Waals surface area contributed by atoms with Crippen molar-refractivity contribution in [2.75, 3.05) is 28.3 Å². The Kier molecular flexibility index (Phi) is 6.47. The average Bonchev–Trinajstić information content (AvgIpc) is 3.33. The van der Waals surface area contributed by atoms with E-state index in [2.05, 4.69) is 12.2 Å². The predicted octanol–water partition coefficient (Wildman–Crippen LogP) is 4.71. The van der Waals surface area contributed by atoms with Crippen LogP contribution in [0.2, 0.25) is 0 Å². The second-order valence-corrected chi connectivity index (χ2v) is 10.1. The van der Waals surface area contributed by atoms with Crippen molar-refractivity contribution in [1.82, 2.24) is 10.2 Å². The molecule has 8 heteroatoms. The molecule has 38 heavy (non-hydrogen) atoms. The summed E-state index contributed by atoms with van der Waals surface area (Å²) in [5, 5.41) is 16.0. The van der Waals surface area contributed by atoms with Gasteiger partial charge in [-0.05, 0) is 41.7 Å². The normalized spacial score (nSPS) is 25.2. The molecule has 1 aliphatic carbocycles. The topological polar surface area (TPSA) is 80.3 Å². The monoisotopic (exact) mass is 520 g/mol. The molecule has 7 nitrogen and oxygen atoms in total. The van der Waals surface area contributed by atoms with Crippen LogP contribution in [0.25, 0.3) is 0 Å². The van der Waals surface area contributed by atoms with E-state index in [1.807, 2.05) is 30.3 Å². The van der Waals surface area contributed by atoms with E-state index in [4.69, 9.17) is 14.2 Å². The van der Waals surface area contributed by atoms with E-state index in [-0.39, 0.29) is 6.03 Å². The number of rotatable bonds is 6. The highest BCUT2D eigenvalue weighted by molar-refractivity contribution is 5.75. The molecule has 3 aromatic rings. The minimum absolute atomic E-state index is 0.295. The van der Waals surface area contributed by atoms with Crippen LogP contribution in [0, 0.1) is 5.82 Å². The van der Waals surface area contributed by atoms with Crippen molar-refractivity contribution in [3.8, 4) is 17.2 Å². The molecule has 4 atom stereocenters. The van der Waals surface area contributed by atoms with Gasteiger partial charge in [0.25, 0.3) is 0 Å². The lowest BCUT2D eigenvalue weighted by molar-refractivity contribution is -0.116. The van der Waals surface area contributed by atoms with Crippen molar-refractivity contribution in [1.29, 1.82) is 0 Å². The highest BCUT2D eigenvalue weighted by atomic mass is 19.1. The van der Waals surface area contributed by atoms with Crippen molar-refractivity contribution in [3.05, 3.63) is 88.7 Å². The summed E-state index contributed by atoms with van der Waals surface area (Å²) in [6.45, 7) is 2.07. The second-order valence-electron chi connectivity index (χ2n) is 10.1. The molecule has 2 N–H and O–H groups in total. The molecule has 1 aliphatic heterocycles. The second kappa shape index (κ2) is 9.51. The Labute approximate surface area is 222 Å². The number of nitrogens with one attached hydrogen (secondary N) is 1. The van der Waals surface area contributed by atoms with Gasteiger partial charge in [0, 0.05) is 32.1 Å². The van der Waals surface area contributed by atoms with Crippen LogP contribution in [0.4, 0.5) is 9.18 Å². The van der Waals surface area contributed by atoms with Gasteiger partial charge in [-0.15, -0.1) is 0 Å². The van der Waals surface area contributed by atoms with Crippen LogP contribution < -0.4 is 19.5 Å². The maximum atomic E-state index is 14.6. The summed E-state index contributed by atoms with van der Waals surface area (Å²) in [6.07, 6.45) is 1.14. The Hall–Kier alpha value is -3.78. The minimum Gasteiger partial charge on any atom is -0.496 e. The fourth-order valence-electron chi connectivity index (χ4n) is 6.08. The number of carbonyl (C=O) groups excluding carboxylic acids is 1. The number of carbonyl (C=O) groups is 1. The number of ether oxygens (including phenoxy) is 3. The van der Waals surface area contributed by atoms with Gasteiger partial charge in [0.15, 0.2) is 11.2 Å². The van der Waals surface area contributed by atoms with Crippen molar-refractivity contribution in [2.24, 2.45) is 0 Å². The average molecular weight is 521 g/mol. The number of amides is 2. The van der Waals surface area contributed by atoms with Crippen molar-refractivity contribution >= 4 is 6.03 Å². The number of halogens is 1. The van der Waals surface area contributed by atoms with Gasteiger partial charge < -0.3 is 29.5 Å². The summed E-state index contributed by atoms with van der Waals surface area (Å²) in [5.41, 5.74) is -0.256. The van der Waals surface area contributed by atoms with E-state index in [1.54, 1.807) is 39.4 Å². The Morgan fingerprint density at radius 3 is 2.47 bits per heavy atom. The zero-order valence-corrected chi connectivity index (χ0v) is 22.2. The zero-order valence-electron chi connectivity index (χ0n) is 22.2. The van der Waals surface area contributed by atoms with Gasteiger partial charge in [-0.1, -0.05) is 43.3 Å². The Morgan fingerprint density at radius 2 is 1.87 bits per heavy atom. The minimum atomic E-state index is -1.77. The molecule has 0 radical (unpaired) electrons. The number of fused-ring (bicyclic) bond motifs is 3. The maximum absolute atomic E-state index is 14.6. The van der Waals surface area contributed by atoms with Gasteiger partial charge >= 0.3 is 6.03 Å². The van der Waals surface area contributed by atoms with Crippen LogP contribution in [-0.4, -0.2) is 50.4 Å². The maximum Gasteiger partial charge on any atom is 0.317 e. The quantitative estimate of drug-likeness (QED) is 0.492. The predicted molar refractivity (Wildman–Crippen MR) is 141 cm³/mol. The lowest BCUT2D eigenvalue weighted by Gasteiger charge is -2.42. The molecular weight excluding hydrogens is 487 g/mol. The molecule has 0 bridgehead atoms. The smallest absolute Gasteiger partial charge is 0.317 e. The third kappa shape index (κ3) is 3.69. The first kappa shape index (κ1) is 25.9. The molecule has 4 unspecified atom stereocenters. The standard InChI is InChI=1S/C30H33FN2O5/c1-6-18-10-12-20(13-11-18)30-23(19-8-7-9-21(31)14-19)17-26(32-28(34)33(2)3)29(30,35)27-24(37-5)15-22(36-4)16-25(27)38-30/h7-16,23,26,35H,6,17H2,1-5H3,(H,32,34). The van der Waals surface area contributed by atoms with Crippen LogP contribution in [0.1, 0.15) is 41.5 Å². The van der Waals surface area contributed by atoms with E-state index >= 15 is 0 Å². The van der Waals surface area contributed by atoms with E-state index < -0.39 is 29.0 Å². The molecule has 2 amide bonds. The van der Waals surface area contributed by atoms with Crippen LogP contribution >= 0.6 is 0 Å². The summed E-state index contributed by atoms with van der Waals surface area (Å²) >= 11 is 0. The van der Waals surface area contributed by atoms with Gasteiger partial charge in [0.05, 0.1) is 25.8 Å². The summed E-state index contributed by atoms with van der Waals surface area (Å²) in [7, 11) is 6.33. The third-order valence-electron chi connectivity index (χ3n) is 7.93. The number of hydrogen-bond donors (Lipinski definition) is 2. The Morgan fingerprint density at radius 1 is 1.13 bits per heavy atom. The van der Waals surface area contributed by atoms with Crippen molar-refractivity contribution < 1.29 is 28.5 Å². The van der Waals surface area contributed by atoms with Crippen LogP contribution in [-0.2, 0) is 17.6 Å². The van der Waals surface area contributed by atoms with Crippen molar-refractivity contribution in [2.45, 2.75) is 42.9 Å². The molecule has 2 aliphatic rings. The van der Waals surface area contributed by atoms with Gasteiger partial charge in [-0.25, -0.2) is 9.18 Å². The first-order valence-corrected chi connectivity index (χ1v) is 12.7. The highest BCUT2D eigenvalue weighted by Gasteiger charge is 2.74. The zero-order chi connectivity index (χ0) is 27.2. The van der Waals surface area contributed by atoms with E-state index in [0.29, 0.717) is 40.4 Å². The fourth-order valence-corrected chi connectivity index (χ4v) is 6.08. The van der Waals surface area contributed by atoms with E-state index in [0.717, 1.165) is 12.0 Å². The Bertz CT molecular complexity index is 1360. The molecule has 1 fully saturated rings. The molecule has 0 spiro atoms. The number of benzene rings is 3. The summed E-state index contributed by atoms with van der Waals surface area (Å²) < 4.78 is 32.6. The van der Waals surface area contributed by atoms with Gasteiger partial charge in [0.1, 0.15) is 23.1 Å². The van der Waals surface area contributed by atoms with Crippen LogP contribution in [0.5, 0.6) is 17.2 Å². The number of urea groups is 1. The van der Waals surface area contributed by atoms with Crippen LogP contribution in [0.3, 0.4) is 0 Å². The fraction of sp³-hybridized carbons (Fsp3) is 0.367. The summed E-state index contributed by atoms with van der Waals surface area (Å²) in [6, 6.07) is 16.5. The molecular formula is C30H33FN2O5. The number of hydrogen-bond acceptors (Lipinski definition) is 5. The lowest BCUT2D eigenvalue weighted by atomic mass is 9.70. The lowest BCUT2D eigenvalue weighted by Crippen LogP contribution is -2.57.